The predicted octanol–water partition coefficient (Wildman–Crippen LogP) is 4.75. The van der Waals surface area contributed by atoms with E-state index < -0.39 is 11.9 Å². The number of ether oxygens (including phenoxy) is 1. The molecule has 2 nitrogen and oxygen atoms in total. The summed E-state index contributed by atoms with van der Waals surface area (Å²) < 4.78 is 20.2. The van der Waals surface area contributed by atoms with E-state index in [1.54, 1.807) is 19.2 Å². The topological polar surface area (TPSA) is 29.5 Å². The number of aryl methyl sites for hydroxylation is 1. The van der Waals surface area contributed by atoms with Gasteiger partial charge in [0.2, 0.25) is 0 Å². The van der Waals surface area contributed by atoms with Gasteiger partial charge in [-0.15, -0.1) is 0 Å². The van der Waals surface area contributed by atoms with Gasteiger partial charge < -0.3 is 9.84 Å². The lowest BCUT2D eigenvalue weighted by atomic mass is 9.99. The van der Waals surface area contributed by atoms with Crippen LogP contribution >= 0.6 is 31.9 Å². The molecule has 2 aromatic carbocycles. The molecular formula is C15H13Br2FO2. The minimum Gasteiger partial charge on any atom is -0.496 e. The SMILES string of the molecule is COc1cc(C)c(Br)cc1C(O)c1cc(F)cc(Br)c1. The van der Waals surface area contributed by atoms with Crippen LogP contribution in [0.5, 0.6) is 5.75 Å². The zero-order valence-corrected chi connectivity index (χ0v) is 14.1. The van der Waals surface area contributed by atoms with E-state index in [2.05, 4.69) is 31.9 Å². The second-order valence-electron chi connectivity index (χ2n) is 4.45. The summed E-state index contributed by atoms with van der Waals surface area (Å²) in [5.41, 5.74) is 2.05. The molecule has 20 heavy (non-hydrogen) atoms. The first kappa shape index (κ1) is 15.5. The molecular weight excluding hydrogens is 391 g/mol. The third kappa shape index (κ3) is 3.22. The average Bonchev–Trinajstić information content (AvgIpc) is 2.39. The Kier molecular flexibility index (Phi) is 4.83. The minimum atomic E-state index is -0.964. The first-order valence-electron chi connectivity index (χ1n) is 5.90. The highest BCUT2D eigenvalue weighted by atomic mass is 79.9. The number of aliphatic hydroxyl groups excluding tert-OH is 1. The largest absolute Gasteiger partial charge is 0.496 e. The fourth-order valence-electron chi connectivity index (χ4n) is 1.97. The van der Waals surface area contributed by atoms with Crippen LogP contribution in [0.4, 0.5) is 4.39 Å². The van der Waals surface area contributed by atoms with Gasteiger partial charge in [-0.1, -0.05) is 31.9 Å². The van der Waals surface area contributed by atoms with Gasteiger partial charge in [0.25, 0.3) is 0 Å². The molecule has 2 aromatic rings. The molecule has 2 rings (SSSR count). The van der Waals surface area contributed by atoms with E-state index >= 15 is 0 Å². The third-order valence-corrected chi connectivity index (χ3v) is 4.32. The Morgan fingerprint density at radius 3 is 2.45 bits per heavy atom. The van der Waals surface area contributed by atoms with Crippen LogP contribution < -0.4 is 4.74 Å². The van der Waals surface area contributed by atoms with Crippen molar-refractivity contribution in [2.45, 2.75) is 13.0 Å². The summed E-state index contributed by atoms with van der Waals surface area (Å²) >= 11 is 6.65. The fraction of sp³-hybridized carbons (Fsp3) is 0.200. The number of halogens is 3. The van der Waals surface area contributed by atoms with E-state index in [9.17, 15) is 9.50 Å². The number of hydrogen-bond donors (Lipinski definition) is 1. The van der Waals surface area contributed by atoms with Crippen molar-refractivity contribution >= 4 is 31.9 Å². The van der Waals surface area contributed by atoms with Gasteiger partial charge in [-0.05, 0) is 48.4 Å². The molecule has 0 aliphatic carbocycles. The summed E-state index contributed by atoms with van der Waals surface area (Å²) in [6.45, 7) is 1.93. The summed E-state index contributed by atoms with van der Waals surface area (Å²) in [6.07, 6.45) is -0.964. The van der Waals surface area contributed by atoms with E-state index in [-0.39, 0.29) is 0 Å². The van der Waals surface area contributed by atoms with Crippen LogP contribution in [0.15, 0.2) is 39.3 Å². The molecule has 1 unspecified atom stereocenters. The lowest BCUT2D eigenvalue weighted by Gasteiger charge is -2.17. The lowest BCUT2D eigenvalue weighted by molar-refractivity contribution is 0.214. The number of aliphatic hydroxyl groups is 1. The molecule has 0 aromatic heterocycles. The quantitative estimate of drug-likeness (QED) is 0.801. The maximum absolute atomic E-state index is 13.4. The Morgan fingerprint density at radius 1 is 1.15 bits per heavy atom. The lowest BCUT2D eigenvalue weighted by Crippen LogP contribution is -2.04. The van der Waals surface area contributed by atoms with Gasteiger partial charge in [0.05, 0.1) is 7.11 Å². The van der Waals surface area contributed by atoms with Crippen LogP contribution in [0.1, 0.15) is 22.8 Å². The Balaban J connectivity index is 2.52. The van der Waals surface area contributed by atoms with E-state index in [4.69, 9.17) is 4.74 Å². The van der Waals surface area contributed by atoms with Crippen LogP contribution in [0.3, 0.4) is 0 Å². The normalized spacial score (nSPS) is 12.3. The molecule has 0 saturated carbocycles. The Hall–Kier alpha value is -0.910. The zero-order chi connectivity index (χ0) is 14.9. The third-order valence-electron chi connectivity index (χ3n) is 3.01. The zero-order valence-electron chi connectivity index (χ0n) is 11.0. The smallest absolute Gasteiger partial charge is 0.125 e. The second-order valence-corrected chi connectivity index (χ2v) is 6.22. The molecule has 0 spiro atoms. The van der Waals surface area contributed by atoms with Gasteiger partial charge in [-0.25, -0.2) is 4.39 Å². The minimum absolute atomic E-state index is 0.404. The molecule has 0 radical (unpaired) electrons. The number of methoxy groups -OCH3 is 1. The van der Waals surface area contributed by atoms with Crippen molar-refractivity contribution in [1.82, 2.24) is 0 Å². The maximum Gasteiger partial charge on any atom is 0.125 e. The monoisotopic (exact) mass is 402 g/mol. The van der Waals surface area contributed by atoms with Crippen molar-refractivity contribution in [2.75, 3.05) is 7.11 Å². The first-order chi connectivity index (χ1) is 9.42. The number of hydrogen-bond acceptors (Lipinski definition) is 2. The average molecular weight is 404 g/mol. The standard InChI is InChI=1S/C15H13Br2FO2/c1-8-3-14(20-2)12(7-13(8)17)15(19)9-4-10(16)6-11(18)5-9/h3-7,15,19H,1-2H3. The fourth-order valence-corrected chi connectivity index (χ4v) is 2.82. The van der Waals surface area contributed by atoms with Crippen molar-refractivity contribution in [3.63, 3.8) is 0 Å². The molecule has 1 N–H and O–H groups in total. The summed E-state index contributed by atoms with van der Waals surface area (Å²) in [7, 11) is 1.54. The highest BCUT2D eigenvalue weighted by Gasteiger charge is 2.18. The van der Waals surface area contributed by atoms with Gasteiger partial charge in [0.1, 0.15) is 17.7 Å². The van der Waals surface area contributed by atoms with Crippen molar-refractivity contribution in [1.29, 1.82) is 0 Å². The van der Waals surface area contributed by atoms with Crippen LogP contribution in [-0.4, -0.2) is 12.2 Å². The van der Waals surface area contributed by atoms with Crippen molar-refractivity contribution in [2.24, 2.45) is 0 Å². The number of rotatable bonds is 3. The van der Waals surface area contributed by atoms with E-state index in [0.29, 0.717) is 21.3 Å². The van der Waals surface area contributed by atoms with Crippen LogP contribution in [0.25, 0.3) is 0 Å². The number of benzene rings is 2. The molecule has 0 saturated heterocycles. The highest BCUT2D eigenvalue weighted by Crippen LogP contribution is 2.35. The van der Waals surface area contributed by atoms with Gasteiger partial charge in [-0.2, -0.15) is 0 Å². The maximum atomic E-state index is 13.4. The molecule has 0 aliphatic heterocycles. The summed E-state index contributed by atoms with van der Waals surface area (Å²) in [6, 6.07) is 7.96. The van der Waals surface area contributed by atoms with E-state index in [0.717, 1.165) is 10.0 Å². The predicted molar refractivity (Wildman–Crippen MR) is 83.6 cm³/mol. The molecule has 0 aliphatic rings. The van der Waals surface area contributed by atoms with Crippen molar-refractivity contribution in [3.05, 3.63) is 61.8 Å². The Labute approximate surface area is 133 Å². The summed E-state index contributed by atoms with van der Waals surface area (Å²) in [5, 5.41) is 10.5. The molecule has 106 valence electrons. The first-order valence-corrected chi connectivity index (χ1v) is 7.49. The molecule has 1 atom stereocenters. The van der Waals surface area contributed by atoms with Crippen molar-refractivity contribution < 1.29 is 14.2 Å². The molecule has 0 fully saturated rings. The Bertz CT molecular complexity index is 624. The summed E-state index contributed by atoms with van der Waals surface area (Å²) in [4.78, 5) is 0. The highest BCUT2D eigenvalue weighted by molar-refractivity contribution is 9.10. The molecule has 5 heteroatoms. The van der Waals surface area contributed by atoms with Gasteiger partial charge in [-0.3, -0.25) is 0 Å². The van der Waals surface area contributed by atoms with Gasteiger partial charge in [0.15, 0.2) is 0 Å². The van der Waals surface area contributed by atoms with Gasteiger partial charge >= 0.3 is 0 Å². The molecule has 0 amide bonds. The Morgan fingerprint density at radius 2 is 1.85 bits per heavy atom. The van der Waals surface area contributed by atoms with Crippen LogP contribution in [0, 0.1) is 12.7 Å². The van der Waals surface area contributed by atoms with E-state index in [1.165, 1.54) is 12.1 Å². The van der Waals surface area contributed by atoms with E-state index in [1.807, 2.05) is 13.0 Å². The van der Waals surface area contributed by atoms with Gasteiger partial charge in [0, 0.05) is 14.5 Å². The van der Waals surface area contributed by atoms with Crippen molar-refractivity contribution in [3.8, 4) is 5.75 Å². The van der Waals surface area contributed by atoms with Crippen LogP contribution in [0.2, 0.25) is 0 Å². The van der Waals surface area contributed by atoms with Crippen LogP contribution in [-0.2, 0) is 0 Å². The molecule has 0 heterocycles. The molecule has 0 bridgehead atoms. The summed E-state index contributed by atoms with van der Waals surface area (Å²) in [5.74, 6) is 0.164. The second kappa shape index (κ2) is 6.24.